The Labute approximate surface area is 54.2 Å². The lowest BCUT2D eigenvalue weighted by Crippen LogP contribution is -1.93. The third kappa shape index (κ3) is 1.38. The van der Waals surface area contributed by atoms with Crippen molar-refractivity contribution in [3.05, 3.63) is 18.1 Å². The van der Waals surface area contributed by atoms with Gasteiger partial charge in [-0.2, -0.15) is 0 Å². The predicted octanol–water partition coefficient (Wildman–Crippen LogP) is 0.627. The maximum atomic E-state index is 3.81. The highest BCUT2D eigenvalue weighted by atomic mass is 15.0. The predicted molar refractivity (Wildman–Crippen MR) is 35.2 cm³/mol. The van der Waals surface area contributed by atoms with E-state index < -0.39 is 0 Å². The number of aryl methyl sites for hydroxylation is 1. The molecule has 1 heterocycles. The summed E-state index contributed by atoms with van der Waals surface area (Å²) in [7, 11) is 1.82. The van der Waals surface area contributed by atoms with Crippen molar-refractivity contribution in [2.75, 3.05) is 12.4 Å². The van der Waals surface area contributed by atoms with Crippen molar-refractivity contribution in [3.8, 4) is 0 Å². The van der Waals surface area contributed by atoms with Crippen LogP contribution in [-0.4, -0.2) is 17.0 Å². The highest BCUT2D eigenvalue weighted by Gasteiger charge is 1.88. The van der Waals surface area contributed by atoms with E-state index in [1.54, 1.807) is 0 Å². The van der Waals surface area contributed by atoms with Crippen LogP contribution >= 0.6 is 0 Å². The summed E-state index contributed by atoms with van der Waals surface area (Å²) in [5.41, 5.74) is 0.925. The third-order valence-electron chi connectivity index (χ3n) is 0.999. The molecule has 47 valence electrons. The lowest BCUT2D eigenvalue weighted by molar-refractivity contribution is 1.08. The summed E-state index contributed by atoms with van der Waals surface area (Å²) in [5.74, 6) is 0.808. The van der Waals surface area contributed by atoms with Gasteiger partial charge >= 0.3 is 0 Å². The molecule has 0 fully saturated rings. The normalized spacial score (nSPS) is 9.11. The van der Waals surface area contributed by atoms with Crippen LogP contribution in [0.4, 0.5) is 5.82 Å². The quantitative estimate of drug-likeness (QED) is 0.593. The van der Waals surface area contributed by atoms with Crippen LogP contribution in [0.5, 0.6) is 0 Å². The van der Waals surface area contributed by atoms with Crippen LogP contribution < -0.4 is 5.32 Å². The first kappa shape index (κ1) is 6.01. The highest BCUT2D eigenvalue weighted by Crippen LogP contribution is 1.98. The molecule has 0 aromatic carbocycles. The van der Waals surface area contributed by atoms with E-state index >= 15 is 0 Å². The Morgan fingerprint density at radius 1 is 1.56 bits per heavy atom. The molecule has 0 aliphatic heterocycles. The lowest BCUT2D eigenvalue weighted by Gasteiger charge is -1.95. The maximum Gasteiger partial charge on any atom is 0.200 e. The fourth-order valence-electron chi connectivity index (χ4n) is 0.548. The van der Waals surface area contributed by atoms with Crippen LogP contribution in [0.3, 0.4) is 0 Å². The summed E-state index contributed by atoms with van der Waals surface area (Å²) >= 11 is 0. The van der Waals surface area contributed by atoms with Gasteiger partial charge in [0.25, 0.3) is 0 Å². The fraction of sp³-hybridized carbons (Fsp3) is 0.333. The summed E-state index contributed by atoms with van der Waals surface area (Å²) in [4.78, 5) is 7.62. The molecular formula is C6H8N3. The summed E-state index contributed by atoms with van der Waals surface area (Å²) < 4.78 is 0. The van der Waals surface area contributed by atoms with E-state index in [1.165, 1.54) is 0 Å². The van der Waals surface area contributed by atoms with Crippen molar-refractivity contribution in [1.82, 2.24) is 9.97 Å². The standard InChI is InChI=1S/C6H8N3/c1-5-3-6(7-2)9-4-8-5/h3H,1-2H3,(H,7,8,9). The smallest absolute Gasteiger partial charge is 0.200 e. The Morgan fingerprint density at radius 3 is 2.78 bits per heavy atom. The van der Waals surface area contributed by atoms with E-state index in [0.29, 0.717) is 0 Å². The van der Waals surface area contributed by atoms with Gasteiger partial charge in [-0.05, 0) is 6.92 Å². The molecule has 0 spiro atoms. The monoisotopic (exact) mass is 122 g/mol. The first-order valence-electron chi connectivity index (χ1n) is 2.72. The first-order valence-corrected chi connectivity index (χ1v) is 2.72. The van der Waals surface area contributed by atoms with E-state index in [0.717, 1.165) is 11.5 Å². The van der Waals surface area contributed by atoms with E-state index in [9.17, 15) is 0 Å². The molecule has 1 aromatic heterocycles. The van der Waals surface area contributed by atoms with Crippen molar-refractivity contribution >= 4 is 5.82 Å². The molecule has 1 aromatic rings. The lowest BCUT2D eigenvalue weighted by atomic mass is 10.4. The number of nitrogens with one attached hydrogen (secondary N) is 1. The fourth-order valence-corrected chi connectivity index (χ4v) is 0.548. The molecule has 9 heavy (non-hydrogen) atoms. The van der Waals surface area contributed by atoms with Gasteiger partial charge in [0, 0.05) is 18.8 Å². The second kappa shape index (κ2) is 2.44. The van der Waals surface area contributed by atoms with Crippen LogP contribution in [0.1, 0.15) is 5.69 Å². The molecule has 3 nitrogen and oxygen atoms in total. The molecule has 0 saturated heterocycles. The van der Waals surface area contributed by atoms with Gasteiger partial charge in [0.15, 0.2) is 6.33 Å². The van der Waals surface area contributed by atoms with Gasteiger partial charge in [-0.1, -0.05) is 0 Å². The second-order valence-corrected chi connectivity index (χ2v) is 1.74. The molecule has 3 heteroatoms. The van der Waals surface area contributed by atoms with Crippen molar-refractivity contribution in [2.24, 2.45) is 0 Å². The van der Waals surface area contributed by atoms with Crippen LogP contribution in [0.25, 0.3) is 0 Å². The zero-order chi connectivity index (χ0) is 6.69. The zero-order valence-electron chi connectivity index (χ0n) is 5.47. The zero-order valence-corrected chi connectivity index (χ0v) is 5.47. The maximum absolute atomic E-state index is 3.81. The molecular weight excluding hydrogens is 114 g/mol. The Morgan fingerprint density at radius 2 is 2.33 bits per heavy atom. The number of anilines is 1. The Hall–Kier alpha value is -1.12. The van der Waals surface area contributed by atoms with E-state index in [1.807, 2.05) is 20.0 Å². The molecule has 0 amide bonds. The van der Waals surface area contributed by atoms with Crippen LogP contribution in [0, 0.1) is 13.3 Å². The number of rotatable bonds is 1. The average Bonchev–Trinajstić information content (AvgIpc) is 1.88. The third-order valence-corrected chi connectivity index (χ3v) is 0.999. The van der Waals surface area contributed by atoms with Gasteiger partial charge in [-0.15, -0.1) is 0 Å². The number of aromatic nitrogens is 2. The van der Waals surface area contributed by atoms with Gasteiger partial charge in [-0.3, -0.25) is 0 Å². The van der Waals surface area contributed by atoms with Gasteiger partial charge < -0.3 is 5.32 Å². The summed E-state index contributed by atoms with van der Waals surface area (Å²) in [6.45, 7) is 1.90. The van der Waals surface area contributed by atoms with Gasteiger partial charge in [0.2, 0.25) is 0 Å². The van der Waals surface area contributed by atoms with Crippen LogP contribution in [0.15, 0.2) is 6.07 Å². The molecule has 1 N–H and O–H groups in total. The summed E-state index contributed by atoms with van der Waals surface area (Å²) in [6, 6.07) is 1.86. The molecule has 0 saturated carbocycles. The molecule has 0 atom stereocenters. The van der Waals surface area contributed by atoms with Gasteiger partial charge in [-0.25, -0.2) is 9.97 Å². The Kier molecular flexibility index (Phi) is 1.63. The minimum absolute atomic E-state index is 0.808. The highest BCUT2D eigenvalue weighted by molar-refractivity contribution is 5.32. The molecule has 0 bridgehead atoms. The summed E-state index contributed by atoms with van der Waals surface area (Å²) in [5, 5.41) is 2.89. The van der Waals surface area contributed by atoms with E-state index in [2.05, 4.69) is 21.6 Å². The van der Waals surface area contributed by atoms with Crippen molar-refractivity contribution in [1.29, 1.82) is 0 Å². The Balaban J connectivity index is 2.94. The van der Waals surface area contributed by atoms with Crippen molar-refractivity contribution in [3.63, 3.8) is 0 Å². The SMILES string of the molecule is CNc1cc(C)n[c]n1. The first-order chi connectivity index (χ1) is 4.33. The minimum atomic E-state index is 0.808. The van der Waals surface area contributed by atoms with Crippen LogP contribution in [-0.2, 0) is 0 Å². The molecule has 0 aliphatic rings. The molecule has 1 rings (SSSR count). The van der Waals surface area contributed by atoms with Crippen LogP contribution in [0.2, 0.25) is 0 Å². The topological polar surface area (TPSA) is 37.8 Å². The largest absolute Gasteiger partial charge is 0.373 e. The van der Waals surface area contributed by atoms with Crippen molar-refractivity contribution < 1.29 is 0 Å². The van der Waals surface area contributed by atoms with Gasteiger partial charge in [0.05, 0.1) is 0 Å². The van der Waals surface area contributed by atoms with Crippen molar-refractivity contribution in [2.45, 2.75) is 6.92 Å². The Bertz CT molecular complexity index is 197. The summed E-state index contributed by atoms with van der Waals surface area (Å²) in [6.07, 6.45) is 2.52. The van der Waals surface area contributed by atoms with E-state index in [4.69, 9.17) is 0 Å². The number of nitrogens with zero attached hydrogens (tertiary/aromatic N) is 2. The number of hydrogen-bond donors (Lipinski definition) is 1. The average molecular weight is 122 g/mol. The van der Waals surface area contributed by atoms with E-state index in [-0.39, 0.29) is 0 Å². The number of hydrogen-bond acceptors (Lipinski definition) is 3. The second-order valence-electron chi connectivity index (χ2n) is 1.74. The molecule has 0 aliphatic carbocycles. The molecule has 1 radical (unpaired) electrons. The van der Waals surface area contributed by atoms with Gasteiger partial charge in [0.1, 0.15) is 5.82 Å². The molecule has 0 unspecified atom stereocenters. The minimum Gasteiger partial charge on any atom is -0.373 e.